The van der Waals surface area contributed by atoms with Crippen LogP contribution in [0, 0.1) is 0 Å². The van der Waals surface area contributed by atoms with Crippen molar-refractivity contribution in [1.82, 2.24) is 0 Å². The lowest BCUT2D eigenvalue weighted by Crippen LogP contribution is -1.74. The Bertz CT molecular complexity index is 12.8. The molecule has 0 nitrogen and oxygen atoms in total. The molecule has 0 aliphatic rings. The van der Waals surface area contributed by atoms with Gasteiger partial charge in [-0.15, -0.1) is 11.6 Å². The highest BCUT2D eigenvalue weighted by molar-refractivity contribution is 14.1. The van der Waals surface area contributed by atoms with E-state index in [1.165, 1.54) is 0 Å². The zero-order chi connectivity index (χ0) is 3.58. The molecule has 1 unspecified atom stereocenters. The van der Waals surface area contributed by atoms with Crippen LogP contribution in [0.3, 0.4) is 0 Å². The summed E-state index contributed by atoms with van der Waals surface area (Å²) in [6.07, 6.45) is 0. The first kappa shape index (κ1) is 5.24. The monoisotopic (exact) mass is 206 g/mol. The van der Waals surface area contributed by atoms with E-state index in [0.29, 0.717) is 3.01 Å². The van der Waals surface area contributed by atoms with Crippen molar-refractivity contribution in [3.8, 4) is 0 Å². The summed E-state index contributed by atoms with van der Waals surface area (Å²) in [6, 6.07) is 0. The number of rotatable bonds is 0. The molecule has 0 aromatic carbocycles. The highest BCUT2D eigenvalue weighted by atomic mass is 127. The molecular formula is CH4ClISi. The van der Waals surface area contributed by atoms with Crippen LogP contribution in [-0.4, -0.2) is 13.2 Å². The van der Waals surface area contributed by atoms with E-state index in [0.717, 1.165) is 10.2 Å². The second kappa shape index (κ2) is 2.47. The lowest BCUT2D eigenvalue weighted by molar-refractivity contribution is 2.11. The van der Waals surface area contributed by atoms with E-state index >= 15 is 0 Å². The Balaban J connectivity index is 2.32. The molecule has 0 spiro atoms. The largest absolute Gasteiger partial charge is 0.116 e. The van der Waals surface area contributed by atoms with Gasteiger partial charge in [0.15, 0.2) is 0 Å². The summed E-state index contributed by atoms with van der Waals surface area (Å²) >= 11 is 7.49. The van der Waals surface area contributed by atoms with Crippen molar-refractivity contribution in [2.45, 2.75) is 3.01 Å². The molecule has 4 heavy (non-hydrogen) atoms. The van der Waals surface area contributed by atoms with Crippen molar-refractivity contribution >= 4 is 44.4 Å². The molecule has 0 aromatic rings. The summed E-state index contributed by atoms with van der Waals surface area (Å²) in [7, 11) is 1.10. The van der Waals surface area contributed by atoms with Crippen LogP contribution in [0.25, 0.3) is 0 Å². The molecule has 0 fully saturated rings. The summed E-state index contributed by atoms with van der Waals surface area (Å²) in [5, 5.41) is 0. The molecule has 0 saturated heterocycles. The Morgan fingerprint density at radius 2 is 2.00 bits per heavy atom. The maximum atomic E-state index is 5.32. The smallest absolute Gasteiger partial charge is 0.0661 e. The number of halogens is 2. The Labute approximate surface area is 47.5 Å². The molecule has 0 amide bonds. The lowest BCUT2D eigenvalue weighted by Gasteiger charge is -1.72. The first-order chi connectivity index (χ1) is 1.73. The van der Waals surface area contributed by atoms with Crippen molar-refractivity contribution in [2.75, 3.05) is 0 Å². The molecule has 1 atom stereocenters. The Morgan fingerprint density at radius 3 is 2.00 bits per heavy atom. The van der Waals surface area contributed by atoms with E-state index in [2.05, 4.69) is 22.6 Å². The molecule has 0 radical (unpaired) electrons. The van der Waals surface area contributed by atoms with Gasteiger partial charge in [-0.25, -0.2) is 0 Å². The van der Waals surface area contributed by atoms with E-state index in [1.54, 1.807) is 0 Å². The third kappa shape index (κ3) is 10.6. The van der Waals surface area contributed by atoms with Gasteiger partial charge >= 0.3 is 0 Å². The van der Waals surface area contributed by atoms with Crippen LogP contribution < -0.4 is 0 Å². The summed E-state index contributed by atoms with van der Waals surface area (Å²) in [4.78, 5) is 0. The highest BCUT2D eigenvalue weighted by Crippen LogP contribution is 1.95. The number of hydrogen-bond acceptors (Lipinski definition) is 0. The maximum Gasteiger partial charge on any atom is 0.0661 e. The molecule has 0 aliphatic heterocycles. The second-order valence-electron chi connectivity index (χ2n) is 0.519. The van der Waals surface area contributed by atoms with Crippen molar-refractivity contribution < 1.29 is 0 Å². The van der Waals surface area contributed by atoms with Gasteiger partial charge in [-0.2, -0.15) is 0 Å². The minimum absolute atomic E-state index is 0.414. The molecule has 0 bridgehead atoms. The van der Waals surface area contributed by atoms with Gasteiger partial charge in [0.2, 0.25) is 0 Å². The Hall–Kier alpha value is 1.24. The third-order valence-electron chi connectivity index (χ3n) is 0. The van der Waals surface area contributed by atoms with E-state index in [-0.39, 0.29) is 0 Å². The summed E-state index contributed by atoms with van der Waals surface area (Å²) in [5.74, 6) is 0. The standard InChI is InChI=1S/CH4ClISi/c2-1(3)4/h1H,4H3. The SMILES string of the molecule is [SiH3]C(Cl)I. The fraction of sp³-hybridized carbons (Fsp3) is 1.00. The quantitative estimate of drug-likeness (QED) is 0.304. The van der Waals surface area contributed by atoms with Gasteiger partial charge in [0.25, 0.3) is 0 Å². The van der Waals surface area contributed by atoms with Crippen LogP contribution in [0.2, 0.25) is 0 Å². The van der Waals surface area contributed by atoms with Crippen LogP contribution in [-0.2, 0) is 0 Å². The Morgan fingerprint density at radius 1 is 2.00 bits per heavy atom. The lowest BCUT2D eigenvalue weighted by atomic mass is 11.9. The molecule has 0 saturated carbocycles. The van der Waals surface area contributed by atoms with Gasteiger partial charge in [0.1, 0.15) is 0 Å². The predicted octanol–water partition coefficient (Wildman–Crippen LogP) is 0.309. The van der Waals surface area contributed by atoms with Gasteiger partial charge in [0, 0.05) is 10.2 Å². The highest BCUT2D eigenvalue weighted by Gasteiger charge is 1.74. The summed E-state index contributed by atoms with van der Waals surface area (Å²) in [6.45, 7) is 0. The van der Waals surface area contributed by atoms with E-state index in [1.807, 2.05) is 0 Å². The van der Waals surface area contributed by atoms with Gasteiger partial charge in [-0.1, -0.05) is 22.6 Å². The van der Waals surface area contributed by atoms with Crippen molar-refractivity contribution in [3.05, 3.63) is 0 Å². The molecule has 0 heterocycles. The summed E-state index contributed by atoms with van der Waals surface area (Å²) in [5.41, 5.74) is 0. The number of alkyl halides is 2. The van der Waals surface area contributed by atoms with Crippen molar-refractivity contribution in [2.24, 2.45) is 0 Å². The molecule has 3 heteroatoms. The van der Waals surface area contributed by atoms with Gasteiger partial charge in [-0.05, 0) is 0 Å². The summed E-state index contributed by atoms with van der Waals surface area (Å²) < 4.78 is 0.414. The first-order valence-corrected chi connectivity index (χ1v) is 3.85. The van der Waals surface area contributed by atoms with Crippen LogP contribution in [0.5, 0.6) is 0 Å². The van der Waals surface area contributed by atoms with Crippen LogP contribution in [0.1, 0.15) is 0 Å². The fourth-order valence-electron chi connectivity index (χ4n) is 0. The first-order valence-electron chi connectivity index (χ1n) is 1.01. The zero-order valence-corrected chi connectivity index (χ0v) is 7.25. The average Bonchev–Trinajstić information content (AvgIpc) is 0.811. The molecular weight excluding hydrogens is 202 g/mol. The van der Waals surface area contributed by atoms with Crippen LogP contribution in [0.4, 0.5) is 0 Å². The van der Waals surface area contributed by atoms with E-state index in [9.17, 15) is 0 Å². The molecule has 0 aromatic heterocycles. The minimum Gasteiger partial charge on any atom is -0.116 e. The average molecular weight is 206 g/mol. The normalized spacial score (nSPS) is 16.5. The maximum absolute atomic E-state index is 5.32. The molecule has 0 rings (SSSR count). The van der Waals surface area contributed by atoms with Crippen LogP contribution in [0.15, 0.2) is 0 Å². The molecule has 26 valence electrons. The van der Waals surface area contributed by atoms with Crippen molar-refractivity contribution in [3.63, 3.8) is 0 Å². The molecule has 0 aliphatic carbocycles. The van der Waals surface area contributed by atoms with E-state index in [4.69, 9.17) is 11.6 Å². The molecule has 0 N–H and O–H groups in total. The zero-order valence-electron chi connectivity index (χ0n) is 2.33. The van der Waals surface area contributed by atoms with Gasteiger partial charge < -0.3 is 0 Å². The fourth-order valence-corrected chi connectivity index (χ4v) is 0. The third-order valence-corrected chi connectivity index (χ3v) is 0. The predicted molar refractivity (Wildman–Crippen MR) is 33.6 cm³/mol. The van der Waals surface area contributed by atoms with Crippen molar-refractivity contribution in [1.29, 1.82) is 0 Å². The van der Waals surface area contributed by atoms with Gasteiger partial charge in [0.05, 0.1) is 3.01 Å². The topological polar surface area (TPSA) is 0 Å². The number of hydrogen-bond donors (Lipinski definition) is 0. The second-order valence-corrected chi connectivity index (χ2v) is 8.02. The van der Waals surface area contributed by atoms with Crippen LogP contribution >= 0.6 is 34.2 Å². The van der Waals surface area contributed by atoms with Gasteiger partial charge in [-0.3, -0.25) is 0 Å². The Kier molecular flexibility index (Phi) is 3.24. The minimum atomic E-state index is 0.414. The van der Waals surface area contributed by atoms with E-state index < -0.39 is 0 Å².